The number of carbonyl (C=O) groups excluding carboxylic acids is 1. The molecule has 0 fully saturated rings. The zero-order chi connectivity index (χ0) is 10.0. The predicted molar refractivity (Wildman–Crippen MR) is 42.9 cm³/mol. The van der Waals surface area contributed by atoms with Gasteiger partial charge in [-0.15, -0.1) is 0 Å². The third-order valence-corrected chi connectivity index (χ3v) is 1.34. The number of aldehydes is 1. The first kappa shape index (κ1) is 6.78. The summed E-state index contributed by atoms with van der Waals surface area (Å²) in [5.41, 5.74) is 4.87. The van der Waals surface area contributed by atoms with Gasteiger partial charge in [0.25, 0.3) is 5.69 Å². The number of nitro groups is 1. The van der Waals surface area contributed by atoms with Crippen LogP contribution in [0.25, 0.3) is 0 Å². The Bertz CT molecular complexity index is 378. The van der Waals surface area contributed by atoms with E-state index in [0.717, 1.165) is 6.07 Å². The number of benzene rings is 1. The van der Waals surface area contributed by atoms with Gasteiger partial charge in [0.05, 0.1) is 4.92 Å². The van der Waals surface area contributed by atoms with E-state index in [1.807, 2.05) is 0 Å². The zero-order valence-electron chi connectivity index (χ0n) is 6.98. The quantitative estimate of drug-likeness (QED) is 0.308. The number of carbonyl (C=O) groups is 1. The predicted octanol–water partition coefficient (Wildman–Crippen LogP) is 0.990. The van der Waals surface area contributed by atoms with E-state index < -0.39 is 11.2 Å². The number of anilines is 1. The molecule has 0 amide bonds. The van der Waals surface area contributed by atoms with Crippen molar-refractivity contribution in [2.75, 3.05) is 5.73 Å². The maximum Gasteiger partial charge on any atom is 0.292 e. The highest BCUT2D eigenvalue weighted by Gasteiger charge is 2.10. The molecule has 5 heteroatoms. The van der Waals surface area contributed by atoms with Crippen molar-refractivity contribution >= 4 is 17.6 Å². The van der Waals surface area contributed by atoms with Crippen LogP contribution in [0.15, 0.2) is 18.2 Å². The van der Waals surface area contributed by atoms with E-state index >= 15 is 0 Å². The number of nitrogen functional groups attached to an aromatic ring is 1. The molecule has 0 aliphatic rings. The minimum absolute atomic E-state index is 0.0185. The van der Waals surface area contributed by atoms with Gasteiger partial charge in [0.1, 0.15) is 13.3 Å². The van der Waals surface area contributed by atoms with Gasteiger partial charge in [-0.3, -0.25) is 14.9 Å². The van der Waals surface area contributed by atoms with Crippen LogP contribution in [0, 0.1) is 10.1 Å². The lowest BCUT2D eigenvalue weighted by Crippen LogP contribution is -1.96. The monoisotopic (exact) mass is 167 g/mol. The van der Waals surface area contributed by atoms with Crippen molar-refractivity contribution in [2.24, 2.45) is 0 Å². The van der Waals surface area contributed by atoms with Gasteiger partial charge < -0.3 is 5.73 Å². The summed E-state index contributed by atoms with van der Waals surface area (Å²) >= 11 is 0. The summed E-state index contributed by atoms with van der Waals surface area (Å²) in [6, 6.07) is 3.50. The minimum atomic E-state index is -0.969. The number of nitrogens with zero attached hydrogens (tertiary/aromatic N) is 1. The Morgan fingerprint density at radius 2 is 2.33 bits per heavy atom. The van der Waals surface area contributed by atoms with Crippen molar-refractivity contribution in [1.29, 1.82) is 0 Å². The highest BCUT2D eigenvalue weighted by Crippen LogP contribution is 2.21. The highest BCUT2D eigenvalue weighted by molar-refractivity contribution is 5.78. The van der Waals surface area contributed by atoms with E-state index in [0.29, 0.717) is 0 Å². The highest BCUT2D eigenvalue weighted by atomic mass is 16.6. The SMILES string of the molecule is [2H]C(=O)c1ccc(N)c([N+](=O)[O-])c1. The van der Waals surface area contributed by atoms with E-state index in [4.69, 9.17) is 7.10 Å². The van der Waals surface area contributed by atoms with Crippen LogP contribution in [0.4, 0.5) is 11.4 Å². The number of hydrogen-bond acceptors (Lipinski definition) is 4. The van der Waals surface area contributed by atoms with Crippen LogP contribution in [-0.2, 0) is 0 Å². The number of nitro benzene ring substituents is 1. The molecule has 2 N–H and O–H groups in total. The Morgan fingerprint density at radius 3 is 2.83 bits per heavy atom. The summed E-state index contributed by atoms with van der Waals surface area (Å²) in [5.74, 6) is 0. The maximum atomic E-state index is 10.5. The molecule has 0 saturated heterocycles. The first-order valence-electron chi connectivity index (χ1n) is 3.57. The zero-order valence-corrected chi connectivity index (χ0v) is 5.98. The van der Waals surface area contributed by atoms with Gasteiger partial charge in [0.2, 0.25) is 0 Å². The second-order valence-corrected chi connectivity index (χ2v) is 2.13. The third kappa shape index (κ3) is 1.39. The third-order valence-electron chi connectivity index (χ3n) is 1.34. The maximum absolute atomic E-state index is 10.5. The van der Waals surface area contributed by atoms with Crippen LogP contribution in [-0.4, -0.2) is 11.2 Å². The van der Waals surface area contributed by atoms with E-state index in [-0.39, 0.29) is 16.9 Å². The Hall–Kier alpha value is -1.91. The molecule has 0 saturated carbocycles. The summed E-state index contributed by atoms with van der Waals surface area (Å²) in [4.78, 5) is 20.2. The largest absolute Gasteiger partial charge is 0.393 e. The normalized spacial score (nSPS) is 10.5. The summed E-state index contributed by atoms with van der Waals surface area (Å²) < 4.78 is 6.72. The molecule has 1 aromatic carbocycles. The molecule has 0 radical (unpaired) electrons. The Kier molecular flexibility index (Phi) is 1.69. The molecule has 0 aliphatic carbocycles. The number of nitrogens with two attached hydrogens (primary N) is 1. The molecule has 0 heterocycles. The summed E-state index contributed by atoms with van der Waals surface area (Å²) in [7, 11) is 0. The van der Waals surface area contributed by atoms with Gasteiger partial charge in [0.15, 0.2) is 0 Å². The van der Waals surface area contributed by atoms with Crippen LogP contribution < -0.4 is 5.73 Å². The number of rotatable bonds is 2. The fourth-order valence-corrected chi connectivity index (χ4v) is 0.765. The summed E-state index contributed by atoms with van der Waals surface area (Å²) in [6.45, 7) is 0. The molecule has 62 valence electrons. The smallest absolute Gasteiger partial charge is 0.292 e. The molecule has 0 unspecified atom stereocenters. The average molecular weight is 167 g/mol. The van der Waals surface area contributed by atoms with Crippen LogP contribution in [0.2, 0.25) is 0 Å². The van der Waals surface area contributed by atoms with Gasteiger partial charge in [-0.1, -0.05) is 0 Å². The van der Waals surface area contributed by atoms with Crippen molar-refractivity contribution < 1.29 is 11.1 Å². The van der Waals surface area contributed by atoms with Gasteiger partial charge in [-0.25, -0.2) is 0 Å². The lowest BCUT2D eigenvalue weighted by molar-refractivity contribution is -0.383. The van der Waals surface area contributed by atoms with Crippen LogP contribution in [0.1, 0.15) is 11.7 Å². The van der Waals surface area contributed by atoms with Gasteiger partial charge in [0, 0.05) is 11.6 Å². The molecule has 1 rings (SSSR count). The van der Waals surface area contributed by atoms with Crippen molar-refractivity contribution in [2.45, 2.75) is 0 Å². The molecule has 0 atom stereocenters. The molecule has 0 spiro atoms. The average Bonchev–Trinajstić information content (AvgIpc) is 2.04. The minimum Gasteiger partial charge on any atom is -0.393 e. The van der Waals surface area contributed by atoms with Gasteiger partial charge in [-0.05, 0) is 12.1 Å². The standard InChI is InChI=1S/C7H6N2O3/c8-6-2-1-5(4-10)3-7(6)9(11)12/h1-4H,8H2/i4D. The first-order chi connectivity index (χ1) is 6.02. The number of hydrogen-bond donors (Lipinski definition) is 1. The van der Waals surface area contributed by atoms with Crippen LogP contribution in [0.3, 0.4) is 0 Å². The Morgan fingerprint density at radius 1 is 1.67 bits per heavy atom. The van der Waals surface area contributed by atoms with Crippen molar-refractivity contribution in [3.8, 4) is 0 Å². The van der Waals surface area contributed by atoms with E-state index in [2.05, 4.69) is 0 Å². The summed E-state index contributed by atoms with van der Waals surface area (Å²) in [5, 5.41) is 10.3. The second kappa shape index (κ2) is 3.00. The van der Waals surface area contributed by atoms with Crippen molar-refractivity contribution in [3.05, 3.63) is 33.9 Å². The molecule has 0 aromatic heterocycles. The Labute approximate surface area is 69.4 Å². The van der Waals surface area contributed by atoms with Crippen molar-refractivity contribution in [3.63, 3.8) is 0 Å². The molecule has 1 aromatic rings. The van der Waals surface area contributed by atoms with Crippen LogP contribution in [0.5, 0.6) is 0 Å². The van der Waals surface area contributed by atoms with E-state index in [1.54, 1.807) is 0 Å². The molecular formula is C7H6N2O3. The van der Waals surface area contributed by atoms with E-state index in [9.17, 15) is 14.9 Å². The summed E-state index contributed by atoms with van der Waals surface area (Å²) in [6.07, 6.45) is -0.969. The van der Waals surface area contributed by atoms with Gasteiger partial charge >= 0.3 is 0 Å². The molecular weight excluding hydrogens is 160 g/mol. The molecule has 0 bridgehead atoms. The van der Waals surface area contributed by atoms with Crippen molar-refractivity contribution in [1.82, 2.24) is 0 Å². The molecule has 0 aliphatic heterocycles. The molecule has 12 heavy (non-hydrogen) atoms. The lowest BCUT2D eigenvalue weighted by atomic mass is 10.2. The fraction of sp³-hybridized carbons (Fsp3) is 0. The second-order valence-electron chi connectivity index (χ2n) is 2.13. The van der Waals surface area contributed by atoms with Crippen LogP contribution >= 0.6 is 0 Å². The van der Waals surface area contributed by atoms with E-state index in [1.165, 1.54) is 12.1 Å². The molecule has 5 nitrogen and oxygen atoms in total. The Balaban J connectivity index is 3.27. The lowest BCUT2D eigenvalue weighted by Gasteiger charge is -1.96. The first-order valence-corrected chi connectivity index (χ1v) is 3.07. The fourth-order valence-electron chi connectivity index (χ4n) is 0.765. The topological polar surface area (TPSA) is 86.2 Å². The van der Waals surface area contributed by atoms with Gasteiger partial charge in [-0.2, -0.15) is 0 Å².